The molecule has 6 atom stereocenters. The van der Waals surface area contributed by atoms with Crippen LogP contribution in [0, 0.1) is 23.3 Å². The van der Waals surface area contributed by atoms with Gasteiger partial charge in [0.15, 0.2) is 0 Å². The number of fused-ring (bicyclic) bond motifs is 6. The molecule has 6 aliphatic heterocycles. The first-order valence-electron chi connectivity index (χ1n) is 39.0. The van der Waals surface area contributed by atoms with E-state index < -0.39 is 5.82 Å². The molecular weight excluding hydrogens is 1490 g/mol. The van der Waals surface area contributed by atoms with Gasteiger partial charge in [0, 0.05) is 110 Å². The number of nitrogens with zero attached hydrogens (tertiary/aromatic N) is 5. The van der Waals surface area contributed by atoms with Gasteiger partial charge in [0.2, 0.25) is 0 Å². The van der Waals surface area contributed by atoms with E-state index in [2.05, 4.69) is 80.6 Å². The predicted molar refractivity (Wildman–Crippen MR) is 443 cm³/mol. The Morgan fingerprint density at radius 3 is 0.876 bits per heavy atom. The van der Waals surface area contributed by atoms with Gasteiger partial charge >= 0.3 is 0 Å². The van der Waals surface area contributed by atoms with Crippen molar-refractivity contribution in [1.82, 2.24) is 59.7 Å². The van der Waals surface area contributed by atoms with E-state index >= 15 is 0 Å². The van der Waals surface area contributed by atoms with Crippen LogP contribution in [0.4, 0.5) is 17.6 Å². The number of benzene rings is 6. The molecule has 9 N–H and O–H groups in total. The maximum Gasteiger partial charge on any atom is 0.255 e. The molecule has 113 heavy (non-hydrogen) atoms. The number of β-amino-alcohol motifs (C(OH)–C–C–N with tert-alkyl or cyclic N) is 2. The molecule has 0 amide bonds. The number of hydrogen-bond acceptors (Lipinski definition) is 14. The molecule has 594 valence electrons. The highest BCUT2D eigenvalue weighted by Gasteiger charge is 2.30. The molecule has 0 spiro atoms. The number of aromatic nitrogens is 6. The van der Waals surface area contributed by atoms with Crippen LogP contribution in [0.1, 0.15) is 121 Å². The third-order valence-electron chi connectivity index (χ3n) is 23.3. The van der Waals surface area contributed by atoms with Crippen LogP contribution in [-0.2, 0) is 0 Å². The summed E-state index contributed by atoms with van der Waals surface area (Å²) in [4.78, 5) is 98.8. The Labute approximate surface area is 659 Å². The molecule has 18 rings (SSSR count). The van der Waals surface area contributed by atoms with Crippen LogP contribution in [-0.4, -0.2) is 190 Å². The molecule has 20 nitrogen and oxygen atoms in total. The number of H-pyrrole nitrogens is 6. The third kappa shape index (κ3) is 19.2. The van der Waals surface area contributed by atoms with Crippen molar-refractivity contribution in [2.75, 3.05) is 125 Å². The second-order valence-electron chi connectivity index (χ2n) is 30.3. The lowest BCUT2D eigenvalue weighted by molar-refractivity contribution is 0.220. The first-order valence-corrected chi connectivity index (χ1v) is 39.8. The number of likely N-dealkylation sites (tertiary alicyclic amines) is 5. The minimum absolute atomic E-state index is 0.0633. The summed E-state index contributed by atoms with van der Waals surface area (Å²) >= 11 is 12.0. The zero-order valence-electron chi connectivity index (χ0n) is 63.6. The molecule has 6 aromatic carbocycles. The smallest absolute Gasteiger partial charge is 0.255 e. The third-order valence-corrected chi connectivity index (χ3v) is 23.8. The molecule has 6 saturated heterocycles. The highest BCUT2D eigenvalue weighted by atomic mass is 35.5. The number of aliphatic hydroxyl groups excluding tert-OH is 2. The SMILES string of the molecule is CCN1CCC(c2c[nH]c(=O)c3cc(Cl)ccc23)C1.CCN1CCC(c2c[nH]c(=O)c3cc(F)ccc23)C1.CN1CCC(c2c[nH]c(=O)c3cc(F)ccc23)C1.O=c1[nH]cc(C2CCN(CCO)C2)c2ccc(Cl)cc12.O=c1[nH]cc(C2CCN(CCO)C2)c2ccc(F)cc12.O=c1[nH]cc(C2CCNC2)c2ccc(F)cc12. The van der Waals surface area contributed by atoms with Crippen molar-refractivity contribution in [1.29, 1.82) is 0 Å². The summed E-state index contributed by atoms with van der Waals surface area (Å²) in [6.07, 6.45) is 17.2. The van der Waals surface area contributed by atoms with Crippen molar-refractivity contribution in [3.05, 3.63) is 275 Å². The van der Waals surface area contributed by atoms with Gasteiger partial charge in [-0.1, -0.05) is 73.4 Å². The van der Waals surface area contributed by atoms with Crippen LogP contribution in [0.25, 0.3) is 64.6 Å². The Kier molecular flexibility index (Phi) is 26.9. The number of halogens is 6. The summed E-state index contributed by atoms with van der Waals surface area (Å²) in [6, 6.07) is 28.8. The summed E-state index contributed by atoms with van der Waals surface area (Å²) in [5, 5.41) is 31.0. The van der Waals surface area contributed by atoms with Crippen LogP contribution in [0.15, 0.2) is 175 Å². The molecule has 6 aromatic heterocycles. The van der Waals surface area contributed by atoms with Crippen LogP contribution >= 0.6 is 23.2 Å². The second-order valence-corrected chi connectivity index (χ2v) is 31.2. The lowest BCUT2D eigenvalue weighted by Crippen LogP contribution is -2.24. The molecule has 0 aliphatic carbocycles. The molecule has 26 heteroatoms. The van der Waals surface area contributed by atoms with Crippen molar-refractivity contribution in [3.63, 3.8) is 0 Å². The fourth-order valence-electron chi connectivity index (χ4n) is 17.3. The van der Waals surface area contributed by atoms with E-state index in [1.807, 2.05) is 36.7 Å². The number of rotatable bonds is 12. The first-order chi connectivity index (χ1) is 54.6. The topological polar surface area (TPSA) is 266 Å². The quantitative estimate of drug-likeness (QED) is 0.0515. The average molecular weight is 1580 g/mol. The first kappa shape index (κ1) is 81.6. The van der Waals surface area contributed by atoms with Crippen molar-refractivity contribution >= 4 is 87.8 Å². The van der Waals surface area contributed by atoms with E-state index in [1.54, 1.807) is 61.2 Å². The molecule has 0 radical (unpaired) electrons. The fourth-order valence-corrected chi connectivity index (χ4v) is 17.6. The van der Waals surface area contributed by atoms with Gasteiger partial charge in [0.25, 0.3) is 33.4 Å². The van der Waals surface area contributed by atoms with E-state index in [4.69, 9.17) is 33.4 Å². The lowest BCUT2D eigenvalue weighted by Gasteiger charge is -2.15. The van der Waals surface area contributed by atoms with E-state index in [9.17, 15) is 46.3 Å². The fraction of sp³-hybridized carbons (Fsp3) is 0.379. The number of aliphatic hydroxyl groups is 2. The number of aromatic amines is 6. The summed E-state index contributed by atoms with van der Waals surface area (Å²) in [5.41, 5.74) is 5.72. The molecule has 0 bridgehead atoms. The highest BCUT2D eigenvalue weighted by Crippen LogP contribution is 2.37. The Balaban J connectivity index is 0.000000119. The molecular formula is C87H96Cl2F4N12O8. The standard InChI is InChI=1S/C15H17ClN2O2.C15H17ClN2O.C15H17FN2O2.C15H17FN2O.C14H15FN2O.C13H13FN2O/c16-11-1-2-12-13(7-11)15(20)17-8-14(12)10-3-4-18(9-10)5-6-19;1-2-18-6-5-10(9-18)14-8-17-15(19)13-7-11(16)3-4-12(13)14;16-11-1-2-12-13(7-11)15(20)17-8-14(12)10-3-4-18(9-10)5-6-19;1-2-18-6-5-10(9-18)14-8-17-15(19)13-7-11(16)3-4-12(13)14;1-17-5-4-9(8-17)13-7-16-14(18)12-6-10(15)2-3-11(12)13;14-9-1-2-10-11(5-9)13(17)16-7-12(10)8-3-4-15-6-8/h1-2,7-8,10,19H,3-6,9H2,(H,17,20);3-4,7-8,10H,2,5-6,9H2,1H3,(H,17,19);1-2,7-8,10,19H,3-6,9H2,(H,17,20);3-4,7-8,10H,2,5-6,9H2,1H3,(H,17,19);2-3,6-7,9H,4-5,8H2,1H3,(H,16,18);1-2,5,7-8,15H,3-4,6H2,(H,16,17). The van der Waals surface area contributed by atoms with Gasteiger partial charge in [0.05, 0.1) is 34.8 Å². The highest BCUT2D eigenvalue weighted by molar-refractivity contribution is 6.31. The summed E-state index contributed by atoms with van der Waals surface area (Å²) < 4.78 is 53.0. The summed E-state index contributed by atoms with van der Waals surface area (Å²) in [5.74, 6) is 0.946. The summed E-state index contributed by atoms with van der Waals surface area (Å²) in [6.45, 7) is 20.2. The van der Waals surface area contributed by atoms with Gasteiger partial charge in [-0.3, -0.25) is 28.8 Å². The van der Waals surface area contributed by atoms with Gasteiger partial charge < -0.3 is 69.9 Å². The van der Waals surface area contributed by atoms with Crippen LogP contribution < -0.4 is 38.7 Å². The van der Waals surface area contributed by atoms with Crippen molar-refractivity contribution in [2.45, 2.75) is 87.9 Å². The maximum atomic E-state index is 13.3. The molecule has 6 unspecified atom stereocenters. The normalized spacial score (nSPS) is 20.1. The number of pyridine rings is 6. The zero-order valence-corrected chi connectivity index (χ0v) is 65.2. The van der Waals surface area contributed by atoms with Gasteiger partial charge in [-0.15, -0.1) is 0 Å². The van der Waals surface area contributed by atoms with Crippen molar-refractivity contribution in [2.24, 2.45) is 0 Å². The van der Waals surface area contributed by atoms with Crippen molar-refractivity contribution < 1.29 is 27.8 Å². The molecule has 12 aromatic rings. The molecule has 6 aliphatic rings. The van der Waals surface area contributed by atoms with E-state index in [1.165, 1.54) is 54.1 Å². The Bertz CT molecular complexity index is 5540. The minimum Gasteiger partial charge on any atom is -0.395 e. The van der Waals surface area contributed by atoms with Gasteiger partial charge in [-0.05, 0) is 272 Å². The molecule has 12 heterocycles. The number of hydrogen-bond donors (Lipinski definition) is 9. The minimum atomic E-state index is -0.395. The lowest BCUT2D eigenvalue weighted by atomic mass is 9.95. The maximum absolute atomic E-state index is 13.3. The second kappa shape index (κ2) is 37.2. The summed E-state index contributed by atoms with van der Waals surface area (Å²) in [7, 11) is 2.09. The van der Waals surface area contributed by atoms with Gasteiger partial charge in [0.1, 0.15) is 23.3 Å². The van der Waals surface area contributed by atoms with E-state index in [-0.39, 0.29) is 64.0 Å². The predicted octanol–water partition coefficient (Wildman–Crippen LogP) is 12.7. The van der Waals surface area contributed by atoms with E-state index in [0.29, 0.717) is 91.0 Å². The number of nitrogens with one attached hydrogen (secondary N) is 7. The average Bonchev–Trinajstić information content (AvgIpc) is 1.52. The van der Waals surface area contributed by atoms with Crippen LogP contribution in [0.2, 0.25) is 10.0 Å². The van der Waals surface area contributed by atoms with Gasteiger partial charge in [-0.2, -0.15) is 0 Å². The van der Waals surface area contributed by atoms with E-state index in [0.717, 1.165) is 190 Å². The Morgan fingerprint density at radius 1 is 0.345 bits per heavy atom. The molecule has 6 fully saturated rings. The Morgan fingerprint density at radius 2 is 0.611 bits per heavy atom. The van der Waals surface area contributed by atoms with Crippen LogP contribution in [0.5, 0.6) is 0 Å². The Hall–Kier alpha value is -9.44. The number of likely N-dealkylation sites (N-methyl/N-ethyl adjacent to an activating group) is 3. The largest absolute Gasteiger partial charge is 0.395 e. The molecule has 0 saturated carbocycles. The van der Waals surface area contributed by atoms with Gasteiger partial charge in [-0.25, -0.2) is 17.6 Å². The monoisotopic (exact) mass is 1580 g/mol. The van der Waals surface area contributed by atoms with Crippen molar-refractivity contribution in [3.8, 4) is 0 Å². The zero-order chi connectivity index (χ0) is 79.6. The van der Waals surface area contributed by atoms with Crippen LogP contribution in [0.3, 0.4) is 0 Å².